The van der Waals surface area contributed by atoms with Gasteiger partial charge >= 0.3 is 5.97 Å². The van der Waals surface area contributed by atoms with Crippen molar-refractivity contribution in [2.45, 2.75) is 18.4 Å². The normalized spacial score (nSPS) is 27.6. The Kier molecular flexibility index (Phi) is 3.76. The van der Waals surface area contributed by atoms with Crippen molar-refractivity contribution >= 4 is 11.7 Å². The minimum Gasteiger partial charge on any atom is -0.495 e. The summed E-state index contributed by atoms with van der Waals surface area (Å²) < 4.78 is 10.6. The maximum Gasteiger partial charge on any atom is 0.313 e. The van der Waals surface area contributed by atoms with Crippen LogP contribution < -0.4 is 15.0 Å². The number of carbonyl (C=O) groups excluding carboxylic acids is 1. The third kappa shape index (κ3) is 2.16. The van der Waals surface area contributed by atoms with Crippen LogP contribution in [0.4, 0.5) is 5.69 Å². The Balaban J connectivity index is 2.15. The lowest BCUT2D eigenvalue weighted by Crippen LogP contribution is -2.55. The van der Waals surface area contributed by atoms with Crippen LogP contribution in [-0.2, 0) is 9.53 Å². The first-order chi connectivity index (χ1) is 10.2. The average molecular weight is 290 g/mol. The van der Waals surface area contributed by atoms with Crippen molar-refractivity contribution in [2.75, 3.05) is 39.3 Å². The van der Waals surface area contributed by atoms with E-state index in [1.165, 1.54) is 7.11 Å². The fourth-order valence-electron chi connectivity index (χ4n) is 3.85. The number of ether oxygens (including phenoxy) is 2. The van der Waals surface area contributed by atoms with Crippen LogP contribution in [0.15, 0.2) is 18.2 Å². The number of para-hydroxylation sites is 1. The summed E-state index contributed by atoms with van der Waals surface area (Å²) in [4.78, 5) is 14.7. The number of hydrogen-bond acceptors (Lipinski definition) is 5. The van der Waals surface area contributed by atoms with Crippen molar-refractivity contribution in [1.29, 1.82) is 0 Å². The number of nitrogens with one attached hydrogen (secondary N) is 1. The molecule has 0 amide bonds. The second-order valence-corrected chi connectivity index (χ2v) is 5.73. The van der Waals surface area contributed by atoms with E-state index in [-0.39, 0.29) is 17.8 Å². The van der Waals surface area contributed by atoms with Crippen molar-refractivity contribution in [3.05, 3.63) is 23.8 Å². The maximum absolute atomic E-state index is 12.4. The van der Waals surface area contributed by atoms with Crippen LogP contribution in [0.5, 0.6) is 5.75 Å². The van der Waals surface area contributed by atoms with Gasteiger partial charge < -0.3 is 19.7 Å². The molecule has 3 rings (SSSR count). The first-order valence-corrected chi connectivity index (χ1v) is 7.37. The van der Waals surface area contributed by atoms with E-state index >= 15 is 0 Å². The fourth-order valence-corrected chi connectivity index (χ4v) is 3.85. The van der Waals surface area contributed by atoms with Crippen molar-refractivity contribution in [1.82, 2.24) is 5.32 Å². The molecule has 21 heavy (non-hydrogen) atoms. The van der Waals surface area contributed by atoms with E-state index in [9.17, 15) is 4.79 Å². The summed E-state index contributed by atoms with van der Waals surface area (Å²) in [7, 11) is 5.23. The molecule has 0 spiro atoms. The van der Waals surface area contributed by atoms with Crippen LogP contribution in [0, 0.1) is 5.92 Å². The lowest BCUT2D eigenvalue weighted by molar-refractivity contribution is -0.144. The highest BCUT2D eigenvalue weighted by molar-refractivity contribution is 5.84. The predicted octanol–water partition coefficient (Wildman–Crippen LogP) is 1.38. The summed E-state index contributed by atoms with van der Waals surface area (Å²) in [6.07, 6.45) is 1.02. The molecule has 2 aliphatic rings. The van der Waals surface area contributed by atoms with Crippen LogP contribution in [0.3, 0.4) is 0 Å². The zero-order valence-corrected chi connectivity index (χ0v) is 12.8. The van der Waals surface area contributed by atoms with Crippen LogP contribution in [0.2, 0.25) is 0 Å². The third-order valence-electron chi connectivity index (χ3n) is 4.81. The lowest BCUT2D eigenvalue weighted by Gasteiger charge is -2.47. The summed E-state index contributed by atoms with van der Waals surface area (Å²) in [6.45, 7) is 1.81. The Bertz CT molecular complexity index is 546. The van der Waals surface area contributed by atoms with E-state index in [1.54, 1.807) is 7.11 Å². The van der Waals surface area contributed by atoms with Gasteiger partial charge in [0.2, 0.25) is 0 Å². The van der Waals surface area contributed by atoms with E-state index in [0.717, 1.165) is 36.5 Å². The smallest absolute Gasteiger partial charge is 0.313 e. The second-order valence-electron chi connectivity index (χ2n) is 5.73. The van der Waals surface area contributed by atoms with Crippen molar-refractivity contribution in [3.8, 4) is 5.75 Å². The maximum atomic E-state index is 12.4. The molecule has 5 heteroatoms. The van der Waals surface area contributed by atoms with Gasteiger partial charge in [-0.3, -0.25) is 4.79 Å². The van der Waals surface area contributed by atoms with E-state index in [0.29, 0.717) is 6.04 Å². The molecule has 1 aromatic carbocycles. The minimum atomic E-state index is -0.228. The quantitative estimate of drug-likeness (QED) is 0.834. The highest BCUT2D eigenvalue weighted by atomic mass is 16.5. The van der Waals surface area contributed by atoms with Gasteiger partial charge in [-0.25, -0.2) is 0 Å². The molecule has 114 valence electrons. The Labute approximate surface area is 125 Å². The highest BCUT2D eigenvalue weighted by Gasteiger charge is 2.45. The molecule has 2 heterocycles. The van der Waals surface area contributed by atoms with Crippen LogP contribution in [0.1, 0.15) is 17.9 Å². The number of methoxy groups -OCH3 is 2. The van der Waals surface area contributed by atoms with Gasteiger partial charge in [-0.05, 0) is 24.6 Å². The molecule has 1 fully saturated rings. The second kappa shape index (κ2) is 5.56. The number of nitrogens with zero attached hydrogens (tertiary/aromatic N) is 1. The number of piperidine rings is 1. The summed E-state index contributed by atoms with van der Waals surface area (Å²) in [6, 6.07) is 6.24. The largest absolute Gasteiger partial charge is 0.495 e. The van der Waals surface area contributed by atoms with Gasteiger partial charge in [-0.15, -0.1) is 0 Å². The summed E-state index contributed by atoms with van der Waals surface area (Å²) >= 11 is 0. The minimum absolute atomic E-state index is 0.156. The number of carbonyl (C=O) groups is 1. The molecule has 0 aliphatic carbocycles. The Hall–Kier alpha value is -1.75. The number of benzene rings is 1. The molecule has 3 atom stereocenters. The lowest BCUT2D eigenvalue weighted by atomic mass is 9.73. The van der Waals surface area contributed by atoms with Gasteiger partial charge in [-0.2, -0.15) is 0 Å². The molecule has 0 saturated carbocycles. The van der Waals surface area contributed by atoms with Crippen LogP contribution in [0.25, 0.3) is 0 Å². The third-order valence-corrected chi connectivity index (χ3v) is 4.81. The van der Waals surface area contributed by atoms with Gasteiger partial charge in [0.15, 0.2) is 0 Å². The van der Waals surface area contributed by atoms with Gasteiger partial charge in [0.25, 0.3) is 0 Å². The zero-order valence-electron chi connectivity index (χ0n) is 12.8. The molecule has 0 aromatic heterocycles. The van der Waals surface area contributed by atoms with E-state index < -0.39 is 0 Å². The number of esters is 1. The molecule has 2 aliphatic heterocycles. The van der Waals surface area contributed by atoms with Gasteiger partial charge in [-0.1, -0.05) is 12.1 Å². The molecule has 5 nitrogen and oxygen atoms in total. The fraction of sp³-hybridized carbons (Fsp3) is 0.562. The number of anilines is 1. The van der Waals surface area contributed by atoms with Crippen molar-refractivity contribution < 1.29 is 14.3 Å². The molecular weight excluding hydrogens is 268 g/mol. The van der Waals surface area contributed by atoms with Crippen molar-refractivity contribution in [2.24, 2.45) is 5.92 Å². The average Bonchev–Trinajstić information content (AvgIpc) is 2.54. The first kappa shape index (κ1) is 14.2. The summed E-state index contributed by atoms with van der Waals surface area (Å²) in [5.74, 6) is 0.669. The van der Waals surface area contributed by atoms with Crippen molar-refractivity contribution in [3.63, 3.8) is 0 Å². The molecule has 0 radical (unpaired) electrons. The van der Waals surface area contributed by atoms with E-state index in [2.05, 4.69) is 17.3 Å². The van der Waals surface area contributed by atoms with Gasteiger partial charge in [0.05, 0.1) is 25.8 Å². The Morgan fingerprint density at radius 3 is 2.90 bits per heavy atom. The Morgan fingerprint density at radius 1 is 1.38 bits per heavy atom. The van der Waals surface area contributed by atoms with Gasteiger partial charge in [0.1, 0.15) is 5.75 Å². The molecule has 0 bridgehead atoms. The van der Waals surface area contributed by atoms with E-state index in [4.69, 9.17) is 9.47 Å². The Morgan fingerprint density at radius 2 is 2.19 bits per heavy atom. The monoisotopic (exact) mass is 290 g/mol. The molecule has 1 N–H and O–H groups in total. The topological polar surface area (TPSA) is 50.8 Å². The van der Waals surface area contributed by atoms with E-state index in [1.807, 2.05) is 18.2 Å². The van der Waals surface area contributed by atoms with Gasteiger partial charge in [0, 0.05) is 25.6 Å². The zero-order chi connectivity index (χ0) is 15.0. The number of rotatable bonds is 2. The number of fused-ring (bicyclic) bond motifs is 2. The molecular formula is C16H22N2O3. The summed E-state index contributed by atoms with van der Waals surface area (Å²) in [5.41, 5.74) is 2.03. The summed E-state index contributed by atoms with van der Waals surface area (Å²) in [5, 5.41) is 3.41. The molecule has 1 saturated heterocycles. The highest BCUT2D eigenvalue weighted by Crippen LogP contribution is 2.47. The number of hydrogen-bond donors (Lipinski definition) is 1. The van der Waals surface area contributed by atoms with Crippen LogP contribution >= 0.6 is 0 Å². The SMILES string of the molecule is COC(=O)C1c2cccc(OC)c2N(C)C2CCNCC12. The predicted molar refractivity (Wildman–Crippen MR) is 80.9 cm³/mol. The van der Waals surface area contributed by atoms with Crippen LogP contribution in [-0.4, -0.2) is 46.4 Å². The molecule has 3 unspecified atom stereocenters. The standard InChI is InChI=1S/C16H22N2O3/c1-18-12-7-8-17-9-11(12)14(16(19)21-3)10-5-4-6-13(20-2)15(10)18/h4-6,11-12,14,17H,7-9H2,1-3H3. The molecule has 1 aromatic rings. The first-order valence-electron chi connectivity index (χ1n) is 7.37.